The SMILES string of the molecule is COc1ccc(Cn2nc(N[C@@H]3CCCNC3)c3c(Oc4ccc(N(C(=O)C(F)(F)F)c5nc6ccccc6s5)cc4)ccnc32)cc1. The highest BCUT2D eigenvalue weighted by Crippen LogP contribution is 2.39. The zero-order chi connectivity index (χ0) is 33.3. The number of halogens is 3. The number of thiazole rings is 1. The van der Waals surface area contributed by atoms with Crippen LogP contribution in [0.25, 0.3) is 21.3 Å². The molecule has 246 valence electrons. The van der Waals surface area contributed by atoms with Crippen molar-refractivity contribution in [2.24, 2.45) is 0 Å². The molecule has 10 nitrogen and oxygen atoms in total. The fourth-order valence-corrected chi connectivity index (χ4v) is 6.61. The smallest absolute Gasteiger partial charge is 0.472 e. The van der Waals surface area contributed by atoms with E-state index < -0.39 is 12.1 Å². The number of carbonyl (C=O) groups is 1. The second kappa shape index (κ2) is 13.1. The lowest BCUT2D eigenvalue weighted by Crippen LogP contribution is -2.38. The molecule has 4 heterocycles. The molecule has 1 saturated heterocycles. The fraction of sp³-hybridized carbons (Fsp3) is 0.235. The van der Waals surface area contributed by atoms with Crippen molar-refractivity contribution in [1.82, 2.24) is 25.1 Å². The number of aromatic nitrogens is 4. The molecule has 1 fully saturated rings. The predicted molar refractivity (Wildman–Crippen MR) is 178 cm³/mol. The summed E-state index contributed by atoms with van der Waals surface area (Å²) in [6.07, 6.45) is -1.49. The number of para-hydroxylation sites is 1. The first-order chi connectivity index (χ1) is 23.3. The lowest BCUT2D eigenvalue weighted by Gasteiger charge is -2.24. The molecule has 48 heavy (non-hydrogen) atoms. The Bertz CT molecular complexity index is 2020. The minimum absolute atomic E-state index is 0.00284. The fourth-order valence-electron chi connectivity index (χ4n) is 5.63. The quantitative estimate of drug-likeness (QED) is 0.165. The molecule has 0 bridgehead atoms. The van der Waals surface area contributed by atoms with Gasteiger partial charge in [0, 0.05) is 24.8 Å². The van der Waals surface area contributed by atoms with Gasteiger partial charge < -0.3 is 20.1 Å². The van der Waals surface area contributed by atoms with Gasteiger partial charge in [0.15, 0.2) is 16.6 Å². The van der Waals surface area contributed by atoms with Gasteiger partial charge in [-0.3, -0.25) is 4.79 Å². The van der Waals surface area contributed by atoms with Gasteiger partial charge in [0.2, 0.25) is 0 Å². The van der Waals surface area contributed by atoms with Gasteiger partial charge in [0.1, 0.15) is 22.6 Å². The van der Waals surface area contributed by atoms with E-state index >= 15 is 0 Å². The molecule has 6 aromatic rings. The second-order valence-electron chi connectivity index (χ2n) is 11.2. The number of methoxy groups -OCH3 is 1. The summed E-state index contributed by atoms with van der Waals surface area (Å²) >= 11 is 1.00. The van der Waals surface area contributed by atoms with Crippen molar-refractivity contribution < 1.29 is 27.4 Å². The van der Waals surface area contributed by atoms with Gasteiger partial charge in [0.25, 0.3) is 0 Å². The highest BCUT2D eigenvalue weighted by molar-refractivity contribution is 7.22. The number of anilines is 3. The molecule has 1 amide bonds. The molecule has 1 aliphatic heterocycles. The number of alkyl halides is 3. The summed E-state index contributed by atoms with van der Waals surface area (Å²) in [5.41, 5.74) is 2.10. The number of benzene rings is 3. The lowest BCUT2D eigenvalue weighted by molar-refractivity contribution is -0.169. The third-order valence-electron chi connectivity index (χ3n) is 7.97. The topological polar surface area (TPSA) is 106 Å². The Balaban J connectivity index is 1.22. The van der Waals surface area contributed by atoms with Crippen LogP contribution in [0.5, 0.6) is 17.2 Å². The zero-order valence-electron chi connectivity index (χ0n) is 25.7. The van der Waals surface area contributed by atoms with Crippen molar-refractivity contribution in [3.05, 3.63) is 90.6 Å². The molecule has 3 aromatic carbocycles. The van der Waals surface area contributed by atoms with Gasteiger partial charge in [-0.1, -0.05) is 35.6 Å². The standard InChI is InChI=1S/C34H30F3N7O3S/c1-46-24-12-8-21(9-13-24)20-43-31-29(30(42-43)40-22-5-4-17-38-19-22)27(16-18-39-31)47-25-14-10-23(11-15-25)44(32(45)34(35,36)37)33-41-26-6-2-3-7-28(26)48-33/h2-3,6-16,18,22,38H,4-5,17,19-20H2,1H3,(H,40,42)/t22-/m1/s1. The number of hydrogen-bond acceptors (Lipinski definition) is 9. The van der Waals surface area contributed by atoms with Crippen molar-refractivity contribution in [1.29, 1.82) is 0 Å². The number of carbonyl (C=O) groups excluding carboxylic acids is 1. The van der Waals surface area contributed by atoms with Crippen LogP contribution in [0.4, 0.5) is 29.8 Å². The van der Waals surface area contributed by atoms with Gasteiger partial charge >= 0.3 is 12.1 Å². The average Bonchev–Trinajstić information content (AvgIpc) is 3.67. The summed E-state index contributed by atoms with van der Waals surface area (Å²) in [4.78, 5) is 22.2. The van der Waals surface area contributed by atoms with Crippen molar-refractivity contribution in [3.63, 3.8) is 0 Å². The van der Waals surface area contributed by atoms with Crippen molar-refractivity contribution in [3.8, 4) is 17.2 Å². The highest BCUT2D eigenvalue weighted by Gasteiger charge is 2.44. The van der Waals surface area contributed by atoms with Crippen LogP contribution in [0.15, 0.2) is 85.1 Å². The normalized spacial score (nSPS) is 15.0. The Morgan fingerprint density at radius 3 is 2.54 bits per heavy atom. The van der Waals surface area contributed by atoms with E-state index in [1.165, 1.54) is 24.3 Å². The number of ether oxygens (including phenoxy) is 2. The number of nitrogens with zero attached hydrogens (tertiary/aromatic N) is 5. The first-order valence-corrected chi connectivity index (χ1v) is 16.1. The van der Waals surface area contributed by atoms with Crippen molar-refractivity contribution in [2.45, 2.75) is 31.6 Å². The highest BCUT2D eigenvalue weighted by atomic mass is 32.1. The maximum Gasteiger partial charge on any atom is 0.472 e. The Kier molecular flexibility index (Phi) is 8.58. The second-order valence-corrected chi connectivity index (χ2v) is 12.3. The van der Waals surface area contributed by atoms with Gasteiger partial charge in [-0.15, -0.1) is 0 Å². The zero-order valence-corrected chi connectivity index (χ0v) is 26.5. The van der Waals surface area contributed by atoms with Crippen LogP contribution in [0.3, 0.4) is 0 Å². The van der Waals surface area contributed by atoms with Crippen LogP contribution in [-0.4, -0.2) is 58.1 Å². The predicted octanol–water partition coefficient (Wildman–Crippen LogP) is 7.28. The van der Waals surface area contributed by atoms with Crippen LogP contribution in [0, 0.1) is 0 Å². The Labute approximate surface area is 277 Å². The van der Waals surface area contributed by atoms with Crippen LogP contribution in [-0.2, 0) is 11.3 Å². The van der Waals surface area contributed by atoms with Crippen LogP contribution < -0.4 is 25.0 Å². The molecular weight excluding hydrogens is 643 g/mol. The van der Waals surface area contributed by atoms with Gasteiger partial charge in [-0.25, -0.2) is 19.5 Å². The molecule has 0 saturated carbocycles. The average molecular weight is 674 g/mol. The molecular formula is C34H30F3N7O3S. The number of rotatable bonds is 9. The summed E-state index contributed by atoms with van der Waals surface area (Å²) < 4.78 is 55.3. The molecule has 1 aliphatic rings. The van der Waals surface area contributed by atoms with Crippen molar-refractivity contribution >= 4 is 55.1 Å². The maximum atomic E-state index is 13.8. The van der Waals surface area contributed by atoms with E-state index in [1.807, 2.05) is 28.9 Å². The first kappa shape index (κ1) is 31.4. The monoisotopic (exact) mass is 673 g/mol. The Hall–Kier alpha value is -5.21. The molecule has 2 N–H and O–H groups in total. The number of hydrogen-bond donors (Lipinski definition) is 2. The molecule has 0 aliphatic carbocycles. The van der Waals surface area contributed by atoms with Gasteiger partial charge in [0.05, 0.1) is 29.6 Å². The molecule has 1 atom stereocenters. The van der Waals surface area contributed by atoms with E-state index in [-0.39, 0.29) is 16.9 Å². The number of piperidine rings is 1. The van der Waals surface area contributed by atoms with E-state index in [0.717, 1.165) is 48.6 Å². The van der Waals surface area contributed by atoms with E-state index in [0.29, 0.717) is 50.0 Å². The van der Waals surface area contributed by atoms with Crippen molar-refractivity contribution in [2.75, 3.05) is 30.4 Å². The third kappa shape index (κ3) is 6.49. The van der Waals surface area contributed by atoms with E-state index in [1.54, 1.807) is 43.6 Å². The Morgan fingerprint density at radius 1 is 1.06 bits per heavy atom. The van der Waals surface area contributed by atoms with E-state index in [9.17, 15) is 18.0 Å². The minimum atomic E-state index is -5.11. The van der Waals surface area contributed by atoms with Gasteiger partial charge in [-0.2, -0.15) is 18.3 Å². The molecule has 0 spiro atoms. The molecule has 3 aromatic heterocycles. The molecule has 0 radical (unpaired) electrons. The summed E-state index contributed by atoms with van der Waals surface area (Å²) in [5, 5.41) is 12.5. The van der Waals surface area contributed by atoms with Gasteiger partial charge in [-0.05, 0) is 73.5 Å². The van der Waals surface area contributed by atoms with E-state index in [2.05, 4.69) is 20.6 Å². The summed E-state index contributed by atoms with van der Waals surface area (Å²) in [6.45, 7) is 2.19. The molecule has 0 unspecified atom stereocenters. The number of pyridine rings is 1. The number of fused-ring (bicyclic) bond motifs is 2. The summed E-state index contributed by atoms with van der Waals surface area (Å²) in [5.74, 6) is 0.146. The third-order valence-corrected chi connectivity index (χ3v) is 8.99. The first-order valence-electron chi connectivity index (χ1n) is 15.3. The van der Waals surface area contributed by atoms with E-state index in [4.69, 9.17) is 14.6 Å². The minimum Gasteiger partial charge on any atom is -0.497 e. The summed E-state index contributed by atoms with van der Waals surface area (Å²) in [7, 11) is 1.62. The Morgan fingerprint density at radius 2 is 1.83 bits per heavy atom. The number of nitrogens with one attached hydrogen (secondary N) is 2. The molecule has 14 heteroatoms. The maximum absolute atomic E-state index is 13.8. The van der Waals surface area contributed by atoms with Crippen LogP contribution >= 0.6 is 11.3 Å². The number of amides is 1. The van der Waals surface area contributed by atoms with Crippen LogP contribution in [0.2, 0.25) is 0 Å². The summed E-state index contributed by atoms with van der Waals surface area (Å²) in [6, 6.07) is 22.4. The largest absolute Gasteiger partial charge is 0.497 e. The van der Waals surface area contributed by atoms with Crippen LogP contribution in [0.1, 0.15) is 18.4 Å². The molecule has 7 rings (SSSR count). The lowest BCUT2D eigenvalue weighted by atomic mass is 10.1.